The van der Waals surface area contributed by atoms with Crippen molar-refractivity contribution in [2.45, 2.75) is 17.9 Å². The SMILES string of the molecule is C[C@H](NS(=O)(=O)c1ccc(C(=O)O)cc1)c1cccnc1. The summed E-state index contributed by atoms with van der Waals surface area (Å²) in [6.45, 7) is 1.71. The third-order valence-corrected chi connectivity index (χ3v) is 4.48. The maximum absolute atomic E-state index is 12.2. The minimum absolute atomic E-state index is 0.0169. The van der Waals surface area contributed by atoms with Gasteiger partial charge in [0.15, 0.2) is 0 Å². The van der Waals surface area contributed by atoms with E-state index in [1.54, 1.807) is 31.5 Å². The highest BCUT2D eigenvalue weighted by molar-refractivity contribution is 7.89. The van der Waals surface area contributed by atoms with E-state index in [0.717, 1.165) is 5.56 Å². The molecule has 1 aromatic heterocycles. The molecular weight excluding hydrogens is 292 g/mol. The van der Waals surface area contributed by atoms with Gasteiger partial charge in [-0.05, 0) is 42.8 Å². The first kappa shape index (κ1) is 15.1. The van der Waals surface area contributed by atoms with Gasteiger partial charge in [-0.15, -0.1) is 0 Å². The van der Waals surface area contributed by atoms with Crippen molar-refractivity contribution in [2.24, 2.45) is 0 Å². The molecule has 2 N–H and O–H groups in total. The zero-order chi connectivity index (χ0) is 15.5. The monoisotopic (exact) mass is 306 g/mol. The van der Waals surface area contributed by atoms with Crippen LogP contribution in [0.1, 0.15) is 28.9 Å². The summed E-state index contributed by atoms with van der Waals surface area (Å²) in [7, 11) is -3.72. The maximum Gasteiger partial charge on any atom is 0.335 e. The van der Waals surface area contributed by atoms with Crippen LogP contribution in [0.3, 0.4) is 0 Å². The molecule has 0 fully saturated rings. The lowest BCUT2D eigenvalue weighted by molar-refractivity contribution is 0.0696. The minimum atomic E-state index is -3.72. The Hall–Kier alpha value is -2.25. The number of aromatic carboxylic acids is 1. The number of benzene rings is 1. The molecule has 2 rings (SSSR count). The number of sulfonamides is 1. The van der Waals surface area contributed by atoms with Gasteiger partial charge in [-0.2, -0.15) is 0 Å². The molecule has 0 saturated heterocycles. The number of nitrogens with one attached hydrogen (secondary N) is 1. The third kappa shape index (κ3) is 3.65. The van der Waals surface area contributed by atoms with Crippen molar-refractivity contribution in [1.82, 2.24) is 9.71 Å². The van der Waals surface area contributed by atoms with E-state index in [4.69, 9.17) is 5.11 Å². The van der Waals surface area contributed by atoms with Crippen LogP contribution in [-0.2, 0) is 10.0 Å². The molecule has 1 atom stereocenters. The smallest absolute Gasteiger partial charge is 0.335 e. The van der Waals surface area contributed by atoms with Crippen molar-refractivity contribution in [1.29, 1.82) is 0 Å². The number of carboxylic acids is 1. The standard InChI is InChI=1S/C14H14N2O4S/c1-10(12-3-2-8-15-9-12)16-21(19,20)13-6-4-11(5-7-13)14(17)18/h2-10,16H,1H3,(H,17,18)/t10-/m0/s1. The quantitative estimate of drug-likeness (QED) is 0.878. The van der Waals surface area contributed by atoms with Crippen molar-refractivity contribution >= 4 is 16.0 Å². The van der Waals surface area contributed by atoms with Gasteiger partial charge in [0.1, 0.15) is 0 Å². The van der Waals surface area contributed by atoms with Crippen LogP contribution in [-0.4, -0.2) is 24.5 Å². The average Bonchev–Trinajstić information content (AvgIpc) is 2.48. The van der Waals surface area contributed by atoms with Crippen LogP contribution in [0.5, 0.6) is 0 Å². The van der Waals surface area contributed by atoms with Crippen LogP contribution >= 0.6 is 0 Å². The molecule has 0 aliphatic carbocycles. The zero-order valence-corrected chi connectivity index (χ0v) is 12.0. The van der Waals surface area contributed by atoms with Gasteiger partial charge >= 0.3 is 5.97 Å². The molecule has 2 aromatic rings. The van der Waals surface area contributed by atoms with E-state index in [9.17, 15) is 13.2 Å². The molecule has 0 radical (unpaired) electrons. The second-order valence-corrected chi connectivity index (χ2v) is 6.17. The number of aromatic nitrogens is 1. The second kappa shape index (κ2) is 6.02. The Kier molecular flexibility index (Phi) is 4.35. The molecule has 1 aromatic carbocycles. The lowest BCUT2D eigenvalue weighted by Gasteiger charge is -2.14. The molecule has 0 saturated carbocycles. The number of hydrogen-bond acceptors (Lipinski definition) is 4. The van der Waals surface area contributed by atoms with Gasteiger partial charge in [0.25, 0.3) is 0 Å². The van der Waals surface area contributed by atoms with Crippen LogP contribution in [0.4, 0.5) is 0 Å². The highest BCUT2D eigenvalue weighted by Gasteiger charge is 2.18. The predicted octanol–water partition coefficient (Wildman–Crippen LogP) is 1.82. The van der Waals surface area contributed by atoms with Crippen LogP contribution < -0.4 is 4.72 Å². The Labute approximate surface area is 122 Å². The summed E-state index contributed by atoms with van der Waals surface area (Å²) >= 11 is 0. The Morgan fingerprint density at radius 3 is 2.43 bits per heavy atom. The normalized spacial score (nSPS) is 12.8. The highest BCUT2D eigenvalue weighted by atomic mass is 32.2. The van der Waals surface area contributed by atoms with E-state index >= 15 is 0 Å². The fraction of sp³-hybridized carbons (Fsp3) is 0.143. The summed E-state index contributed by atoms with van der Waals surface area (Å²) in [5.41, 5.74) is 0.775. The van der Waals surface area contributed by atoms with Gasteiger partial charge in [0.2, 0.25) is 10.0 Å². The Bertz CT molecular complexity index is 727. The Balaban J connectivity index is 2.20. The van der Waals surface area contributed by atoms with Crippen molar-refractivity contribution in [3.8, 4) is 0 Å². The second-order valence-electron chi connectivity index (χ2n) is 4.46. The molecule has 0 bridgehead atoms. The van der Waals surface area contributed by atoms with Gasteiger partial charge < -0.3 is 5.11 Å². The topological polar surface area (TPSA) is 96.4 Å². The number of carbonyl (C=O) groups is 1. The summed E-state index contributed by atoms with van der Waals surface area (Å²) < 4.78 is 27.0. The number of pyridine rings is 1. The Morgan fingerprint density at radius 2 is 1.90 bits per heavy atom. The van der Waals surface area contributed by atoms with E-state index in [-0.39, 0.29) is 10.5 Å². The first-order valence-corrected chi connectivity index (χ1v) is 7.64. The first-order chi connectivity index (χ1) is 9.90. The average molecular weight is 306 g/mol. The molecule has 21 heavy (non-hydrogen) atoms. The minimum Gasteiger partial charge on any atom is -0.478 e. The van der Waals surface area contributed by atoms with Gasteiger partial charge in [-0.3, -0.25) is 4.98 Å². The van der Waals surface area contributed by atoms with E-state index in [1.165, 1.54) is 24.3 Å². The molecule has 0 aliphatic rings. The molecule has 7 heteroatoms. The lowest BCUT2D eigenvalue weighted by Crippen LogP contribution is -2.27. The van der Waals surface area contributed by atoms with Gasteiger partial charge in [-0.25, -0.2) is 17.9 Å². The van der Waals surface area contributed by atoms with Crippen molar-refractivity contribution in [3.05, 3.63) is 59.9 Å². The van der Waals surface area contributed by atoms with Gasteiger partial charge in [-0.1, -0.05) is 6.07 Å². The molecule has 6 nitrogen and oxygen atoms in total. The molecule has 0 unspecified atom stereocenters. The van der Waals surface area contributed by atoms with Gasteiger partial charge in [0, 0.05) is 18.4 Å². The number of carboxylic acid groups (broad SMARTS) is 1. The maximum atomic E-state index is 12.2. The Morgan fingerprint density at radius 1 is 1.24 bits per heavy atom. The molecule has 0 aliphatic heterocycles. The lowest BCUT2D eigenvalue weighted by atomic mass is 10.2. The van der Waals surface area contributed by atoms with Crippen molar-refractivity contribution in [3.63, 3.8) is 0 Å². The zero-order valence-electron chi connectivity index (χ0n) is 11.2. The molecule has 110 valence electrons. The molecule has 0 spiro atoms. The van der Waals surface area contributed by atoms with E-state index < -0.39 is 22.0 Å². The predicted molar refractivity (Wildman–Crippen MR) is 76.4 cm³/mol. The van der Waals surface area contributed by atoms with E-state index in [1.807, 2.05) is 0 Å². The molecule has 0 amide bonds. The molecular formula is C14H14N2O4S. The number of hydrogen-bond donors (Lipinski definition) is 2. The third-order valence-electron chi connectivity index (χ3n) is 2.93. The van der Waals surface area contributed by atoms with Crippen LogP contribution in [0, 0.1) is 0 Å². The van der Waals surface area contributed by atoms with E-state index in [2.05, 4.69) is 9.71 Å². The van der Waals surface area contributed by atoms with Crippen molar-refractivity contribution in [2.75, 3.05) is 0 Å². The van der Waals surface area contributed by atoms with Crippen LogP contribution in [0.15, 0.2) is 53.7 Å². The fourth-order valence-electron chi connectivity index (χ4n) is 1.78. The van der Waals surface area contributed by atoms with Gasteiger partial charge in [0.05, 0.1) is 10.5 Å². The summed E-state index contributed by atoms with van der Waals surface area (Å²) in [6.07, 6.45) is 3.19. The summed E-state index contributed by atoms with van der Waals surface area (Å²) in [4.78, 5) is 14.7. The number of rotatable bonds is 5. The summed E-state index contributed by atoms with van der Waals surface area (Å²) in [6, 6.07) is 8.10. The van der Waals surface area contributed by atoms with Crippen LogP contribution in [0.25, 0.3) is 0 Å². The summed E-state index contributed by atoms with van der Waals surface area (Å²) in [5.74, 6) is -1.10. The summed E-state index contributed by atoms with van der Waals surface area (Å²) in [5, 5.41) is 8.80. The largest absolute Gasteiger partial charge is 0.478 e. The molecule has 1 heterocycles. The van der Waals surface area contributed by atoms with E-state index in [0.29, 0.717) is 0 Å². The fourth-order valence-corrected chi connectivity index (χ4v) is 3.01. The number of nitrogens with zero attached hydrogens (tertiary/aromatic N) is 1. The van der Waals surface area contributed by atoms with Crippen molar-refractivity contribution < 1.29 is 18.3 Å². The highest BCUT2D eigenvalue weighted by Crippen LogP contribution is 2.16. The first-order valence-electron chi connectivity index (χ1n) is 6.16. The van der Waals surface area contributed by atoms with Crippen LogP contribution in [0.2, 0.25) is 0 Å².